The molecule has 1 atom stereocenters. The van der Waals surface area contributed by atoms with E-state index in [9.17, 15) is 10.1 Å². The minimum Gasteiger partial charge on any atom is -0.326 e. The third-order valence-corrected chi connectivity index (χ3v) is 5.30. The zero-order valence-corrected chi connectivity index (χ0v) is 14.0. The van der Waals surface area contributed by atoms with Crippen molar-refractivity contribution in [3.05, 3.63) is 51.9 Å². The molecule has 1 aromatic carbocycles. The van der Waals surface area contributed by atoms with Crippen molar-refractivity contribution in [1.82, 2.24) is 0 Å². The van der Waals surface area contributed by atoms with Gasteiger partial charge in [0.1, 0.15) is 17.6 Å². The van der Waals surface area contributed by atoms with Gasteiger partial charge in [-0.15, -0.1) is 11.3 Å². The van der Waals surface area contributed by atoms with Crippen LogP contribution < -0.4 is 10.2 Å². The van der Waals surface area contributed by atoms with Gasteiger partial charge in [-0.25, -0.2) is 0 Å². The number of fused-ring (bicyclic) bond motifs is 1. The summed E-state index contributed by atoms with van der Waals surface area (Å²) in [7, 11) is 2.01. The van der Waals surface area contributed by atoms with E-state index < -0.39 is 0 Å². The number of likely N-dealkylation sites (N-methyl/N-ethyl adjacent to an activating group) is 1. The number of carbonyl (C=O) groups excluding carboxylic acids is 1. The second-order valence-electron chi connectivity index (χ2n) is 6.02. The Bertz CT molecular complexity index is 746. The molecule has 23 heavy (non-hydrogen) atoms. The third-order valence-electron chi connectivity index (χ3n) is 4.10. The first-order valence-corrected chi connectivity index (χ1v) is 8.68. The maximum Gasteiger partial charge on any atom is 0.280 e. The number of thiophene rings is 1. The molecular formula is C18H20N3OS+. The van der Waals surface area contributed by atoms with Crippen LogP contribution >= 0.6 is 11.3 Å². The predicted molar refractivity (Wildman–Crippen MR) is 91.6 cm³/mol. The van der Waals surface area contributed by atoms with Gasteiger partial charge in [0.05, 0.1) is 12.6 Å². The molecule has 1 unspecified atom stereocenters. The second-order valence-corrected chi connectivity index (χ2v) is 7.12. The molecule has 2 aromatic rings. The van der Waals surface area contributed by atoms with E-state index in [1.807, 2.05) is 25.2 Å². The number of hydrogen-bond acceptors (Lipinski definition) is 3. The molecule has 118 valence electrons. The van der Waals surface area contributed by atoms with Gasteiger partial charge in [-0.2, -0.15) is 5.26 Å². The van der Waals surface area contributed by atoms with E-state index >= 15 is 0 Å². The van der Waals surface area contributed by atoms with E-state index in [0.29, 0.717) is 12.1 Å². The summed E-state index contributed by atoms with van der Waals surface area (Å²) in [4.78, 5) is 14.7. The number of hydrogen-bond donors (Lipinski definition) is 2. The van der Waals surface area contributed by atoms with E-state index in [0.717, 1.165) is 41.3 Å². The summed E-state index contributed by atoms with van der Waals surface area (Å²) in [5, 5.41) is 13.0. The van der Waals surface area contributed by atoms with Crippen molar-refractivity contribution in [1.29, 1.82) is 5.26 Å². The molecule has 0 fully saturated rings. The van der Waals surface area contributed by atoms with Gasteiger partial charge in [-0.3, -0.25) is 4.79 Å². The Hall–Kier alpha value is -2.16. The molecule has 3 rings (SSSR count). The molecular weight excluding hydrogens is 306 g/mol. The molecule has 0 saturated heterocycles. The Morgan fingerprint density at radius 2 is 2.13 bits per heavy atom. The highest BCUT2D eigenvalue weighted by molar-refractivity contribution is 7.16. The summed E-state index contributed by atoms with van der Waals surface area (Å²) in [5.74, 6) is -0.0325. The number of nitrogens with zero attached hydrogens (tertiary/aromatic N) is 1. The van der Waals surface area contributed by atoms with E-state index in [4.69, 9.17) is 0 Å². The Balaban J connectivity index is 1.61. The SMILES string of the molecule is C[NH+](CC(=O)Nc1sc2c(c1C#N)CCC2)Cc1ccccc1. The van der Waals surface area contributed by atoms with Crippen LogP contribution in [0.1, 0.15) is 28.0 Å². The molecule has 0 bridgehead atoms. The topological polar surface area (TPSA) is 57.3 Å². The lowest BCUT2D eigenvalue weighted by molar-refractivity contribution is -0.885. The summed E-state index contributed by atoms with van der Waals surface area (Å²) in [5.41, 5.74) is 3.04. The van der Waals surface area contributed by atoms with E-state index in [1.54, 1.807) is 11.3 Å². The number of nitrogens with one attached hydrogen (secondary N) is 2. The fourth-order valence-electron chi connectivity index (χ4n) is 3.06. The van der Waals surface area contributed by atoms with Crippen LogP contribution in [0.25, 0.3) is 0 Å². The molecule has 0 saturated carbocycles. The van der Waals surface area contributed by atoms with Crippen LogP contribution in [0.2, 0.25) is 0 Å². The van der Waals surface area contributed by atoms with Crippen molar-refractivity contribution in [3.63, 3.8) is 0 Å². The first-order valence-electron chi connectivity index (χ1n) is 7.87. The van der Waals surface area contributed by atoms with E-state index in [2.05, 4.69) is 23.5 Å². The number of anilines is 1. The van der Waals surface area contributed by atoms with Gasteiger partial charge in [-0.1, -0.05) is 30.3 Å². The second kappa shape index (κ2) is 6.95. The van der Waals surface area contributed by atoms with Gasteiger partial charge in [0, 0.05) is 10.4 Å². The maximum atomic E-state index is 12.3. The van der Waals surface area contributed by atoms with Gasteiger partial charge >= 0.3 is 0 Å². The van der Waals surface area contributed by atoms with Crippen molar-refractivity contribution < 1.29 is 9.69 Å². The minimum atomic E-state index is -0.0325. The molecule has 1 amide bonds. The number of aryl methyl sites for hydroxylation is 1. The lowest BCUT2D eigenvalue weighted by atomic mass is 10.1. The number of quaternary nitrogens is 1. The summed E-state index contributed by atoms with van der Waals surface area (Å²) >= 11 is 1.57. The number of amides is 1. The first-order chi connectivity index (χ1) is 11.2. The molecule has 0 aliphatic heterocycles. The van der Waals surface area contributed by atoms with Gasteiger partial charge in [0.15, 0.2) is 6.54 Å². The summed E-state index contributed by atoms with van der Waals surface area (Å²) in [6.07, 6.45) is 3.11. The quantitative estimate of drug-likeness (QED) is 0.880. The number of carbonyl (C=O) groups is 1. The van der Waals surface area contributed by atoms with Gasteiger partial charge in [-0.05, 0) is 24.8 Å². The predicted octanol–water partition coefficient (Wildman–Crippen LogP) is 1.76. The van der Waals surface area contributed by atoms with E-state index in [-0.39, 0.29) is 5.91 Å². The summed E-state index contributed by atoms with van der Waals surface area (Å²) in [6, 6.07) is 12.4. The van der Waals surface area contributed by atoms with Gasteiger partial charge in [0.2, 0.25) is 0 Å². The highest BCUT2D eigenvalue weighted by atomic mass is 32.1. The van der Waals surface area contributed by atoms with Crippen LogP contribution in [-0.2, 0) is 24.2 Å². The average Bonchev–Trinajstić information content (AvgIpc) is 3.08. The first kappa shape index (κ1) is 15.7. The molecule has 5 heteroatoms. The molecule has 1 aliphatic carbocycles. The van der Waals surface area contributed by atoms with Crippen LogP contribution in [0.3, 0.4) is 0 Å². The zero-order chi connectivity index (χ0) is 16.2. The van der Waals surface area contributed by atoms with E-state index in [1.165, 1.54) is 10.4 Å². The number of nitriles is 1. The van der Waals surface area contributed by atoms with Crippen molar-refractivity contribution in [2.24, 2.45) is 0 Å². The monoisotopic (exact) mass is 326 g/mol. The van der Waals surface area contributed by atoms with Crippen molar-refractivity contribution in [2.75, 3.05) is 18.9 Å². The zero-order valence-electron chi connectivity index (χ0n) is 13.2. The normalized spacial score (nSPS) is 14.1. The maximum absolute atomic E-state index is 12.3. The fourth-order valence-corrected chi connectivity index (χ4v) is 4.32. The standard InChI is InChI=1S/C18H19N3OS/c1-21(11-13-6-3-2-4-7-13)12-17(22)20-18-15(10-19)14-8-5-9-16(14)23-18/h2-4,6-7H,5,8-9,11-12H2,1H3,(H,20,22)/p+1. The van der Waals surface area contributed by atoms with Crippen LogP contribution in [0.5, 0.6) is 0 Å². The molecule has 1 aliphatic rings. The van der Waals surface area contributed by atoms with Crippen LogP contribution in [0.15, 0.2) is 30.3 Å². The van der Waals surface area contributed by atoms with Crippen molar-refractivity contribution >= 4 is 22.2 Å². The van der Waals surface area contributed by atoms with Crippen LogP contribution in [0, 0.1) is 11.3 Å². The molecule has 0 radical (unpaired) electrons. The molecule has 4 nitrogen and oxygen atoms in total. The number of rotatable bonds is 5. The Kier molecular flexibility index (Phi) is 4.75. The summed E-state index contributed by atoms with van der Waals surface area (Å²) in [6.45, 7) is 1.20. The minimum absolute atomic E-state index is 0.0325. The highest BCUT2D eigenvalue weighted by Crippen LogP contribution is 2.38. The molecule has 0 spiro atoms. The fraction of sp³-hybridized carbons (Fsp3) is 0.333. The molecule has 2 N–H and O–H groups in total. The largest absolute Gasteiger partial charge is 0.326 e. The van der Waals surface area contributed by atoms with Gasteiger partial charge in [0.25, 0.3) is 5.91 Å². The lowest BCUT2D eigenvalue weighted by Crippen LogP contribution is -3.08. The van der Waals surface area contributed by atoms with Crippen molar-refractivity contribution in [3.8, 4) is 6.07 Å². The van der Waals surface area contributed by atoms with Crippen LogP contribution in [-0.4, -0.2) is 19.5 Å². The van der Waals surface area contributed by atoms with Gasteiger partial charge < -0.3 is 10.2 Å². The summed E-state index contributed by atoms with van der Waals surface area (Å²) < 4.78 is 0. The molecule has 1 aromatic heterocycles. The lowest BCUT2D eigenvalue weighted by Gasteiger charge is -2.13. The molecule has 1 heterocycles. The Morgan fingerprint density at radius 3 is 2.87 bits per heavy atom. The Morgan fingerprint density at radius 1 is 1.35 bits per heavy atom. The average molecular weight is 326 g/mol. The number of benzene rings is 1. The third kappa shape index (κ3) is 3.61. The Labute approximate surface area is 140 Å². The highest BCUT2D eigenvalue weighted by Gasteiger charge is 2.23. The van der Waals surface area contributed by atoms with Crippen molar-refractivity contribution in [2.45, 2.75) is 25.8 Å². The smallest absolute Gasteiger partial charge is 0.280 e. The van der Waals surface area contributed by atoms with Crippen LogP contribution in [0.4, 0.5) is 5.00 Å².